The molecule has 3 aliphatic rings. The summed E-state index contributed by atoms with van der Waals surface area (Å²) in [6.07, 6.45) is 5.22. The molecule has 5 heteroatoms. The van der Waals surface area contributed by atoms with Crippen LogP contribution in [-0.2, 0) is 14.3 Å². The summed E-state index contributed by atoms with van der Waals surface area (Å²) in [6, 6.07) is 0. The number of quaternary nitrogens is 1. The van der Waals surface area contributed by atoms with E-state index in [-0.39, 0.29) is 35.9 Å². The molecule has 124 valence electrons. The van der Waals surface area contributed by atoms with E-state index in [9.17, 15) is 9.59 Å². The minimum Gasteiger partial charge on any atom is -0.373 e. The third-order valence-corrected chi connectivity index (χ3v) is 5.64. The van der Waals surface area contributed by atoms with Crippen molar-refractivity contribution in [2.24, 2.45) is 11.8 Å². The maximum atomic E-state index is 12.5. The van der Waals surface area contributed by atoms with Gasteiger partial charge >= 0.3 is 0 Å². The molecule has 0 N–H and O–H groups in total. The van der Waals surface area contributed by atoms with Crippen LogP contribution in [0.3, 0.4) is 0 Å². The summed E-state index contributed by atoms with van der Waals surface area (Å²) in [5.74, 6) is -0.287. The Labute approximate surface area is 133 Å². The maximum Gasteiger partial charge on any atom is 0.235 e. The first-order chi connectivity index (χ1) is 10.4. The molecular formula is C17H29N2O3+. The molecule has 22 heavy (non-hydrogen) atoms. The molecule has 3 saturated heterocycles. The highest BCUT2D eigenvalue weighted by molar-refractivity contribution is 6.06. The van der Waals surface area contributed by atoms with Crippen LogP contribution in [-0.4, -0.2) is 67.1 Å². The Morgan fingerprint density at radius 1 is 1.05 bits per heavy atom. The molecular weight excluding hydrogens is 280 g/mol. The van der Waals surface area contributed by atoms with Crippen LogP contribution in [0.1, 0.15) is 39.0 Å². The molecule has 3 aliphatic heterocycles. The zero-order valence-electron chi connectivity index (χ0n) is 14.1. The average molecular weight is 309 g/mol. The number of nitrogens with zero attached hydrogens (tertiary/aromatic N) is 2. The number of carbonyl (C=O) groups excluding carboxylic acids is 2. The van der Waals surface area contributed by atoms with Crippen LogP contribution in [0.5, 0.6) is 0 Å². The molecule has 3 heterocycles. The van der Waals surface area contributed by atoms with E-state index in [1.807, 2.05) is 0 Å². The van der Waals surface area contributed by atoms with Gasteiger partial charge < -0.3 is 9.22 Å². The van der Waals surface area contributed by atoms with Crippen LogP contribution in [0.4, 0.5) is 0 Å². The largest absolute Gasteiger partial charge is 0.373 e. The highest BCUT2D eigenvalue weighted by atomic mass is 16.5. The number of hydrogen-bond donors (Lipinski definition) is 0. The Kier molecular flexibility index (Phi) is 4.29. The summed E-state index contributed by atoms with van der Waals surface area (Å²) in [6.45, 7) is 4.95. The van der Waals surface area contributed by atoms with Crippen LogP contribution in [0.2, 0.25) is 0 Å². The molecule has 0 spiro atoms. The van der Waals surface area contributed by atoms with Gasteiger partial charge in [-0.05, 0) is 19.3 Å². The second kappa shape index (κ2) is 5.93. The van der Waals surface area contributed by atoms with Crippen molar-refractivity contribution < 1.29 is 18.8 Å². The van der Waals surface area contributed by atoms with Gasteiger partial charge in [-0.2, -0.15) is 0 Å². The zero-order valence-corrected chi connectivity index (χ0v) is 14.1. The summed E-state index contributed by atoms with van der Waals surface area (Å²) in [7, 11) is 4.46. The molecule has 0 aromatic carbocycles. The van der Waals surface area contributed by atoms with E-state index in [4.69, 9.17) is 4.74 Å². The number of carbonyl (C=O) groups is 2. The van der Waals surface area contributed by atoms with Crippen molar-refractivity contribution in [3.05, 3.63) is 0 Å². The second-order valence-corrected chi connectivity index (χ2v) is 7.76. The van der Waals surface area contributed by atoms with Gasteiger partial charge in [-0.25, -0.2) is 0 Å². The fraction of sp³-hybridized carbons (Fsp3) is 0.882. The third-order valence-electron chi connectivity index (χ3n) is 5.64. The first-order valence-electron chi connectivity index (χ1n) is 8.77. The fourth-order valence-corrected chi connectivity index (χ4v) is 4.35. The van der Waals surface area contributed by atoms with Crippen LogP contribution in [0, 0.1) is 11.8 Å². The van der Waals surface area contributed by atoms with E-state index in [2.05, 4.69) is 21.0 Å². The molecule has 0 aliphatic carbocycles. The summed E-state index contributed by atoms with van der Waals surface area (Å²) < 4.78 is 6.72. The first kappa shape index (κ1) is 15.9. The Balaban J connectivity index is 1.53. The van der Waals surface area contributed by atoms with E-state index in [1.54, 1.807) is 0 Å². The van der Waals surface area contributed by atoms with Gasteiger partial charge in [0.05, 0.1) is 51.2 Å². The van der Waals surface area contributed by atoms with Gasteiger partial charge in [0.1, 0.15) is 0 Å². The highest BCUT2D eigenvalue weighted by Gasteiger charge is 2.62. The lowest BCUT2D eigenvalue weighted by Crippen LogP contribution is -2.43. The minimum absolute atomic E-state index is 0.00762. The lowest BCUT2D eigenvalue weighted by atomic mass is 9.81. The second-order valence-electron chi connectivity index (χ2n) is 7.76. The van der Waals surface area contributed by atoms with Crippen LogP contribution in [0.15, 0.2) is 0 Å². The molecule has 2 amide bonds. The third kappa shape index (κ3) is 2.69. The maximum absolute atomic E-state index is 12.5. The number of unbranched alkanes of at least 4 members (excludes halogenated alkanes) is 1. The average Bonchev–Trinajstić information content (AvgIpc) is 3.14. The van der Waals surface area contributed by atoms with Crippen molar-refractivity contribution in [3.8, 4) is 0 Å². The number of imide groups is 1. The molecule has 3 rings (SSSR count). The van der Waals surface area contributed by atoms with E-state index in [0.717, 1.165) is 36.8 Å². The summed E-state index contributed by atoms with van der Waals surface area (Å²) >= 11 is 0. The normalized spacial score (nSPS) is 33.9. The molecule has 4 atom stereocenters. The van der Waals surface area contributed by atoms with E-state index < -0.39 is 0 Å². The molecule has 2 bridgehead atoms. The summed E-state index contributed by atoms with van der Waals surface area (Å²) in [5, 5.41) is 0. The van der Waals surface area contributed by atoms with Crippen LogP contribution in [0.25, 0.3) is 0 Å². The Morgan fingerprint density at radius 2 is 1.59 bits per heavy atom. The van der Waals surface area contributed by atoms with Gasteiger partial charge in [0.25, 0.3) is 0 Å². The lowest BCUT2D eigenvalue weighted by molar-refractivity contribution is -0.890. The number of hydrogen-bond acceptors (Lipinski definition) is 3. The van der Waals surface area contributed by atoms with Crippen molar-refractivity contribution in [1.82, 2.24) is 4.90 Å². The molecule has 5 nitrogen and oxygen atoms in total. The fourth-order valence-electron chi connectivity index (χ4n) is 4.35. The minimum atomic E-state index is -0.172. The summed E-state index contributed by atoms with van der Waals surface area (Å²) in [5.41, 5.74) is 0. The van der Waals surface area contributed by atoms with Gasteiger partial charge in [0.15, 0.2) is 0 Å². The van der Waals surface area contributed by atoms with Crippen LogP contribution < -0.4 is 0 Å². The SMILES string of the molecule is CCCC[N+](C)(C)CCCN1C(=O)[C@@H]2[C@H](C1=O)[C@H]1CC[C@@H]2O1. The molecule has 0 aromatic heterocycles. The Bertz CT molecular complexity index is 435. The predicted molar refractivity (Wildman–Crippen MR) is 83.0 cm³/mol. The molecule has 0 unspecified atom stereocenters. The lowest BCUT2D eigenvalue weighted by Gasteiger charge is -2.30. The standard InChI is InChI=1S/C17H29N2O3/c1-4-5-10-19(2,3)11-6-9-18-16(20)14-12-7-8-13(22-12)15(14)17(18)21/h12-15H,4-11H2,1-3H3/q+1/t12-,13+,14-,15+. The Hall–Kier alpha value is -0.940. The predicted octanol–water partition coefficient (Wildman–Crippen LogP) is 1.42. The number of likely N-dealkylation sites (tertiary alicyclic amines) is 1. The highest BCUT2D eigenvalue weighted by Crippen LogP contribution is 2.48. The van der Waals surface area contributed by atoms with Gasteiger partial charge in [0.2, 0.25) is 11.8 Å². The van der Waals surface area contributed by atoms with Gasteiger partial charge in [0, 0.05) is 13.0 Å². The molecule has 0 radical (unpaired) electrons. The zero-order chi connectivity index (χ0) is 15.9. The number of amides is 2. The van der Waals surface area contributed by atoms with E-state index >= 15 is 0 Å². The molecule has 3 fully saturated rings. The molecule has 0 saturated carbocycles. The summed E-state index contributed by atoms with van der Waals surface area (Å²) in [4.78, 5) is 26.6. The smallest absolute Gasteiger partial charge is 0.235 e. The van der Waals surface area contributed by atoms with Crippen LogP contribution >= 0.6 is 0 Å². The first-order valence-corrected chi connectivity index (χ1v) is 8.77. The van der Waals surface area contributed by atoms with Crippen molar-refractivity contribution in [2.75, 3.05) is 33.7 Å². The van der Waals surface area contributed by atoms with Gasteiger partial charge in [-0.1, -0.05) is 13.3 Å². The Morgan fingerprint density at radius 3 is 2.14 bits per heavy atom. The van der Waals surface area contributed by atoms with Gasteiger partial charge in [-0.3, -0.25) is 14.5 Å². The van der Waals surface area contributed by atoms with Crippen molar-refractivity contribution in [1.29, 1.82) is 0 Å². The quantitative estimate of drug-likeness (QED) is 0.528. The van der Waals surface area contributed by atoms with Crippen molar-refractivity contribution >= 4 is 11.8 Å². The number of fused-ring (bicyclic) bond motifs is 5. The molecule has 0 aromatic rings. The van der Waals surface area contributed by atoms with E-state index in [1.165, 1.54) is 17.7 Å². The number of ether oxygens (including phenoxy) is 1. The van der Waals surface area contributed by atoms with E-state index in [0.29, 0.717) is 6.54 Å². The monoisotopic (exact) mass is 309 g/mol. The number of rotatable bonds is 7. The van der Waals surface area contributed by atoms with Crippen molar-refractivity contribution in [3.63, 3.8) is 0 Å². The van der Waals surface area contributed by atoms with Crippen molar-refractivity contribution in [2.45, 2.75) is 51.2 Å². The van der Waals surface area contributed by atoms with Gasteiger partial charge in [-0.15, -0.1) is 0 Å². The topological polar surface area (TPSA) is 46.6 Å².